The molecule has 5 nitrogen and oxygen atoms in total. The predicted molar refractivity (Wildman–Crippen MR) is 121 cm³/mol. The number of hydrogen-bond acceptors (Lipinski definition) is 6. The SMILES string of the molecule is CN1C(=O)/C(=C\c2ccc(-c3ccc(C(=O)OCc4ccccc4)cc3)o2)SC1=S. The average Bonchev–Trinajstić information content (AvgIpc) is 3.33. The van der Waals surface area contributed by atoms with E-state index in [0.717, 1.165) is 11.1 Å². The summed E-state index contributed by atoms with van der Waals surface area (Å²) in [6.45, 7) is 0.229. The van der Waals surface area contributed by atoms with Gasteiger partial charge in [0.25, 0.3) is 5.91 Å². The Balaban J connectivity index is 1.43. The zero-order chi connectivity index (χ0) is 21.1. The fraction of sp³-hybridized carbons (Fsp3) is 0.0870. The summed E-state index contributed by atoms with van der Waals surface area (Å²) in [5.74, 6) is 0.677. The van der Waals surface area contributed by atoms with Gasteiger partial charge in [-0.05, 0) is 29.8 Å². The molecule has 0 aliphatic carbocycles. The maximum Gasteiger partial charge on any atom is 0.338 e. The van der Waals surface area contributed by atoms with Crippen molar-refractivity contribution in [1.29, 1.82) is 0 Å². The molecule has 3 aromatic rings. The monoisotopic (exact) mass is 435 g/mol. The van der Waals surface area contributed by atoms with E-state index >= 15 is 0 Å². The minimum Gasteiger partial charge on any atom is -0.457 e. The highest BCUT2D eigenvalue weighted by Crippen LogP contribution is 2.32. The molecule has 1 aliphatic rings. The first-order chi connectivity index (χ1) is 14.5. The van der Waals surface area contributed by atoms with E-state index < -0.39 is 0 Å². The molecule has 4 rings (SSSR count). The molecule has 0 spiro atoms. The van der Waals surface area contributed by atoms with Gasteiger partial charge < -0.3 is 9.15 Å². The number of carbonyl (C=O) groups excluding carboxylic acids is 2. The summed E-state index contributed by atoms with van der Waals surface area (Å²) in [7, 11) is 1.65. The normalized spacial score (nSPS) is 15.1. The Morgan fingerprint density at radius 2 is 1.83 bits per heavy atom. The first kappa shape index (κ1) is 20.1. The minimum atomic E-state index is -0.382. The zero-order valence-electron chi connectivity index (χ0n) is 16.0. The summed E-state index contributed by atoms with van der Waals surface area (Å²) in [6, 6.07) is 20.1. The molecule has 1 saturated heterocycles. The Morgan fingerprint density at radius 1 is 1.10 bits per heavy atom. The van der Waals surface area contributed by atoms with Crippen LogP contribution in [0.3, 0.4) is 0 Å². The largest absolute Gasteiger partial charge is 0.457 e. The van der Waals surface area contributed by atoms with Crippen molar-refractivity contribution in [3.63, 3.8) is 0 Å². The Labute approximate surface area is 183 Å². The number of thiocarbonyl (C=S) groups is 1. The summed E-state index contributed by atoms with van der Waals surface area (Å²) < 4.78 is 11.7. The Hall–Kier alpha value is -3.16. The molecule has 1 fully saturated rings. The Morgan fingerprint density at radius 3 is 2.50 bits per heavy atom. The lowest BCUT2D eigenvalue weighted by Crippen LogP contribution is -2.22. The molecule has 0 radical (unpaired) electrons. The predicted octanol–water partition coefficient (Wildman–Crippen LogP) is 5.13. The van der Waals surface area contributed by atoms with E-state index in [0.29, 0.717) is 26.3 Å². The van der Waals surface area contributed by atoms with Gasteiger partial charge in [0, 0.05) is 18.7 Å². The summed E-state index contributed by atoms with van der Waals surface area (Å²) in [5.41, 5.74) is 2.22. The minimum absolute atomic E-state index is 0.138. The van der Waals surface area contributed by atoms with E-state index in [1.165, 1.54) is 16.7 Å². The second kappa shape index (κ2) is 8.69. The van der Waals surface area contributed by atoms with Crippen LogP contribution in [0.4, 0.5) is 0 Å². The lowest BCUT2D eigenvalue weighted by molar-refractivity contribution is -0.121. The number of carbonyl (C=O) groups is 2. The summed E-state index contributed by atoms with van der Waals surface area (Å²) in [5, 5.41) is 0. The first-order valence-electron chi connectivity index (χ1n) is 9.14. The number of amides is 1. The van der Waals surface area contributed by atoms with E-state index in [9.17, 15) is 9.59 Å². The zero-order valence-corrected chi connectivity index (χ0v) is 17.7. The highest BCUT2D eigenvalue weighted by Gasteiger charge is 2.29. The van der Waals surface area contributed by atoms with Gasteiger partial charge in [0.1, 0.15) is 22.4 Å². The third-order valence-electron chi connectivity index (χ3n) is 4.50. The van der Waals surface area contributed by atoms with Crippen molar-refractivity contribution < 1.29 is 18.7 Å². The van der Waals surface area contributed by atoms with E-state index in [2.05, 4.69) is 0 Å². The number of ether oxygens (including phenoxy) is 1. The standard InChI is InChI=1S/C23H17NO4S2/c1-24-21(25)20(30-23(24)29)13-18-11-12-19(28-18)16-7-9-17(10-8-16)22(26)27-14-15-5-3-2-4-6-15/h2-13H,14H2,1H3/b20-13+. The number of esters is 1. The van der Waals surface area contributed by atoms with Crippen LogP contribution in [0, 0.1) is 0 Å². The fourth-order valence-electron chi connectivity index (χ4n) is 2.84. The number of furan rings is 1. The molecule has 0 bridgehead atoms. The molecular formula is C23H17NO4S2. The molecule has 150 valence electrons. The van der Waals surface area contributed by atoms with Gasteiger partial charge >= 0.3 is 5.97 Å². The van der Waals surface area contributed by atoms with Gasteiger partial charge in [0.15, 0.2) is 0 Å². The number of likely N-dealkylation sites (N-methyl/N-ethyl adjacent to an activating group) is 1. The highest BCUT2D eigenvalue weighted by molar-refractivity contribution is 8.26. The molecule has 0 saturated carbocycles. The number of thioether (sulfide) groups is 1. The van der Waals surface area contributed by atoms with Crippen LogP contribution in [0.2, 0.25) is 0 Å². The molecule has 1 aromatic heterocycles. The Bertz CT molecular complexity index is 1130. The fourth-order valence-corrected chi connectivity index (χ4v) is 4.00. The summed E-state index contributed by atoms with van der Waals surface area (Å²) in [6.07, 6.45) is 1.68. The van der Waals surface area contributed by atoms with Crippen molar-refractivity contribution in [3.05, 3.63) is 88.5 Å². The van der Waals surface area contributed by atoms with Gasteiger partial charge in [-0.3, -0.25) is 9.69 Å². The molecular weight excluding hydrogens is 418 g/mol. The maximum absolute atomic E-state index is 12.2. The molecule has 7 heteroatoms. The number of benzene rings is 2. The molecule has 2 heterocycles. The molecule has 30 heavy (non-hydrogen) atoms. The van der Waals surface area contributed by atoms with Crippen LogP contribution < -0.4 is 0 Å². The topological polar surface area (TPSA) is 59.8 Å². The van der Waals surface area contributed by atoms with Crippen molar-refractivity contribution in [3.8, 4) is 11.3 Å². The van der Waals surface area contributed by atoms with E-state index in [1.807, 2.05) is 36.4 Å². The maximum atomic E-state index is 12.2. The highest BCUT2D eigenvalue weighted by atomic mass is 32.2. The van der Waals surface area contributed by atoms with Crippen LogP contribution in [0.15, 0.2) is 76.1 Å². The number of hydrogen-bond donors (Lipinski definition) is 0. The lowest BCUT2D eigenvalue weighted by Gasteiger charge is -2.05. The van der Waals surface area contributed by atoms with Gasteiger partial charge in [-0.25, -0.2) is 4.79 Å². The van der Waals surface area contributed by atoms with Crippen molar-refractivity contribution in [2.24, 2.45) is 0 Å². The van der Waals surface area contributed by atoms with Crippen LogP contribution in [0.5, 0.6) is 0 Å². The third kappa shape index (κ3) is 4.37. The summed E-state index contributed by atoms with van der Waals surface area (Å²) in [4.78, 5) is 26.3. The quantitative estimate of drug-likeness (QED) is 0.314. The van der Waals surface area contributed by atoms with Crippen LogP contribution >= 0.6 is 24.0 Å². The van der Waals surface area contributed by atoms with E-state index in [1.54, 1.807) is 43.5 Å². The number of nitrogens with zero attached hydrogens (tertiary/aromatic N) is 1. The van der Waals surface area contributed by atoms with Gasteiger partial charge in [-0.2, -0.15) is 0 Å². The third-order valence-corrected chi connectivity index (χ3v) is 5.99. The molecule has 1 amide bonds. The van der Waals surface area contributed by atoms with Crippen LogP contribution in [0.1, 0.15) is 21.7 Å². The van der Waals surface area contributed by atoms with Crippen molar-refractivity contribution in [2.75, 3.05) is 7.05 Å². The summed E-state index contributed by atoms with van der Waals surface area (Å²) >= 11 is 6.38. The van der Waals surface area contributed by atoms with Crippen LogP contribution in [-0.4, -0.2) is 28.1 Å². The second-order valence-electron chi connectivity index (χ2n) is 6.58. The molecule has 0 N–H and O–H groups in total. The van der Waals surface area contributed by atoms with E-state index in [4.69, 9.17) is 21.4 Å². The lowest BCUT2D eigenvalue weighted by atomic mass is 10.1. The van der Waals surface area contributed by atoms with Crippen molar-refractivity contribution in [2.45, 2.75) is 6.61 Å². The van der Waals surface area contributed by atoms with Gasteiger partial charge in [0.05, 0.1) is 10.5 Å². The molecule has 0 atom stereocenters. The van der Waals surface area contributed by atoms with Crippen molar-refractivity contribution >= 4 is 46.3 Å². The van der Waals surface area contributed by atoms with Gasteiger partial charge in [-0.15, -0.1) is 0 Å². The van der Waals surface area contributed by atoms with Crippen LogP contribution in [-0.2, 0) is 16.1 Å². The van der Waals surface area contributed by atoms with Crippen LogP contribution in [0.25, 0.3) is 17.4 Å². The van der Waals surface area contributed by atoms with E-state index in [-0.39, 0.29) is 18.5 Å². The second-order valence-corrected chi connectivity index (χ2v) is 8.26. The smallest absolute Gasteiger partial charge is 0.338 e. The number of rotatable bonds is 5. The first-order valence-corrected chi connectivity index (χ1v) is 10.4. The van der Waals surface area contributed by atoms with Crippen molar-refractivity contribution in [1.82, 2.24) is 4.90 Å². The average molecular weight is 436 g/mol. The molecule has 1 aliphatic heterocycles. The molecule has 0 unspecified atom stereocenters. The van der Waals surface area contributed by atoms with Gasteiger partial charge in [-0.1, -0.05) is 66.4 Å². The Kier molecular flexibility index (Phi) is 5.83. The molecule has 2 aromatic carbocycles. The van der Waals surface area contributed by atoms with Gasteiger partial charge in [0.2, 0.25) is 0 Å².